The number of phenolic OH excluding ortho intramolecular Hbond substituents is 1. The third-order valence-corrected chi connectivity index (χ3v) is 7.97. The molecule has 0 spiro atoms. The second-order valence-corrected chi connectivity index (χ2v) is 9.91. The van der Waals surface area contributed by atoms with Gasteiger partial charge < -0.3 is 26.2 Å². The Morgan fingerprint density at radius 3 is 2.54 bits per heavy atom. The molecule has 1 unspecified atom stereocenters. The molecule has 1 aromatic rings. The smallest absolute Gasteiger partial charge is 0.255 e. The molecule has 0 radical (unpaired) electrons. The fourth-order valence-corrected chi connectivity index (χ4v) is 6.33. The Morgan fingerprint density at radius 2 is 1.89 bits per heavy atom. The van der Waals surface area contributed by atoms with Crippen molar-refractivity contribution in [2.24, 2.45) is 17.6 Å². The molecular formula is C25H27FN2O7. The number of ketones is 2. The van der Waals surface area contributed by atoms with Gasteiger partial charge in [0.25, 0.3) is 5.91 Å². The Hall–Kier alpha value is -3.24. The van der Waals surface area contributed by atoms with Gasteiger partial charge >= 0.3 is 0 Å². The number of phenols is 1. The molecule has 10 heteroatoms. The van der Waals surface area contributed by atoms with Crippen LogP contribution in [-0.4, -0.2) is 61.5 Å². The van der Waals surface area contributed by atoms with Gasteiger partial charge in [0.05, 0.1) is 5.56 Å². The lowest BCUT2D eigenvalue weighted by Crippen LogP contribution is -2.58. The van der Waals surface area contributed by atoms with E-state index in [1.165, 1.54) is 0 Å². The largest absolute Gasteiger partial charge is 0.508 e. The highest BCUT2D eigenvalue weighted by atomic mass is 19.1. The van der Waals surface area contributed by atoms with Gasteiger partial charge in [-0.25, -0.2) is 4.39 Å². The molecule has 1 aliphatic heterocycles. The monoisotopic (exact) mass is 486 g/mol. The summed E-state index contributed by atoms with van der Waals surface area (Å²) in [5.74, 6) is -7.60. The van der Waals surface area contributed by atoms with Crippen molar-refractivity contribution >= 4 is 23.2 Å². The molecule has 5 rings (SSSR count). The Morgan fingerprint density at radius 1 is 1.17 bits per heavy atom. The molecule has 0 saturated heterocycles. The number of carbonyl (C=O) groups excluding carboxylic acids is 3. The molecule has 6 N–H and O–H groups in total. The van der Waals surface area contributed by atoms with Gasteiger partial charge in [0, 0.05) is 47.7 Å². The van der Waals surface area contributed by atoms with Gasteiger partial charge in [0.2, 0.25) is 5.78 Å². The average molecular weight is 486 g/mol. The summed E-state index contributed by atoms with van der Waals surface area (Å²) < 4.78 is 15.8. The molecule has 1 heterocycles. The lowest BCUT2D eigenvalue weighted by atomic mass is 9.59. The van der Waals surface area contributed by atoms with Crippen molar-refractivity contribution in [3.8, 4) is 5.75 Å². The van der Waals surface area contributed by atoms with Gasteiger partial charge in [-0.3, -0.25) is 19.3 Å². The van der Waals surface area contributed by atoms with Crippen LogP contribution in [0.3, 0.4) is 0 Å². The van der Waals surface area contributed by atoms with Crippen LogP contribution in [0.4, 0.5) is 4.39 Å². The number of fused-ring (bicyclic) bond motifs is 4. The van der Waals surface area contributed by atoms with Gasteiger partial charge in [0.15, 0.2) is 11.4 Å². The quantitative estimate of drug-likeness (QED) is 0.400. The molecule has 0 aromatic heterocycles. The SMILES string of the molecule is CCCN1CCc2c(O)c3c(c(F)c2C1)CC1C[C@H]2CC(=O)C(C(N)=O)=C(O)[C@@]2(O)C(=O)C1=C3O. The fraction of sp³-hybridized carbons (Fsp3) is 0.480. The molecule has 4 aliphatic rings. The number of benzene rings is 1. The van der Waals surface area contributed by atoms with E-state index in [1.54, 1.807) is 0 Å². The molecule has 1 amide bonds. The summed E-state index contributed by atoms with van der Waals surface area (Å²) in [6.07, 6.45) is 0.792. The second kappa shape index (κ2) is 7.89. The van der Waals surface area contributed by atoms with Crippen LogP contribution >= 0.6 is 0 Å². The van der Waals surface area contributed by atoms with E-state index in [4.69, 9.17) is 5.73 Å². The number of hydrogen-bond donors (Lipinski definition) is 5. The molecule has 9 nitrogen and oxygen atoms in total. The van der Waals surface area contributed by atoms with Gasteiger partial charge in [-0.2, -0.15) is 0 Å². The normalized spacial score (nSPS) is 28.4. The number of rotatable bonds is 3. The Bertz CT molecular complexity index is 1270. The minimum atomic E-state index is -2.63. The lowest BCUT2D eigenvalue weighted by Gasteiger charge is -2.46. The summed E-state index contributed by atoms with van der Waals surface area (Å²) >= 11 is 0. The topological polar surface area (TPSA) is 161 Å². The van der Waals surface area contributed by atoms with Crippen LogP contribution in [0.25, 0.3) is 5.76 Å². The lowest BCUT2D eigenvalue weighted by molar-refractivity contribution is -0.147. The third-order valence-electron chi connectivity index (χ3n) is 7.97. The van der Waals surface area contributed by atoms with Crippen LogP contribution in [0.5, 0.6) is 5.75 Å². The molecule has 3 aliphatic carbocycles. The zero-order chi connectivity index (χ0) is 25.4. The van der Waals surface area contributed by atoms with E-state index in [1.807, 2.05) is 6.92 Å². The van der Waals surface area contributed by atoms with Gasteiger partial charge in [-0.05, 0) is 38.1 Å². The van der Waals surface area contributed by atoms with Crippen LogP contribution in [0, 0.1) is 17.7 Å². The summed E-state index contributed by atoms with van der Waals surface area (Å²) in [4.78, 5) is 39.7. The minimum absolute atomic E-state index is 0.0256. The number of primary amides is 1. The van der Waals surface area contributed by atoms with E-state index in [2.05, 4.69) is 4.90 Å². The van der Waals surface area contributed by atoms with Gasteiger partial charge in [0.1, 0.15) is 28.7 Å². The van der Waals surface area contributed by atoms with E-state index in [-0.39, 0.29) is 35.3 Å². The van der Waals surface area contributed by atoms with E-state index in [0.717, 1.165) is 13.0 Å². The van der Waals surface area contributed by atoms with Crippen LogP contribution in [0.2, 0.25) is 0 Å². The maximum Gasteiger partial charge on any atom is 0.255 e. The maximum absolute atomic E-state index is 15.8. The number of carbonyl (C=O) groups is 3. The molecule has 186 valence electrons. The molecule has 1 saturated carbocycles. The zero-order valence-corrected chi connectivity index (χ0v) is 19.2. The number of amides is 1. The highest BCUT2D eigenvalue weighted by Crippen LogP contribution is 2.53. The number of nitrogens with two attached hydrogens (primary N) is 1. The molecule has 3 atom stereocenters. The van der Waals surface area contributed by atoms with Crippen LogP contribution in [0.15, 0.2) is 16.9 Å². The van der Waals surface area contributed by atoms with Gasteiger partial charge in [-0.1, -0.05) is 6.92 Å². The summed E-state index contributed by atoms with van der Waals surface area (Å²) in [5, 5.41) is 44.1. The standard InChI is InChI=1S/C25H27FN2O7/c1-2-4-28-5-3-12-14(9-28)19(26)13-7-10-6-11-8-15(29)18(24(27)34)23(33)25(11,35)22(32)16(10)21(31)17(13)20(12)30/h10-11,30-31,33,35H,2-9H2,1H3,(H2,27,34)/t10?,11-,25-/m0/s1. The molecule has 35 heavy (non-hydrogen) atoms. The molecule has 1 aromatic carbocycles. The van der Waals surface area contributed by atoms with E-state index in [0.29, 0.717) is 30.6 Å². The van der Waals surface area contributed by atoms with Crippen molar-refractivity contribution in [3.05, 3.63) is 45.0 Å². The van der Waals surface area contributed by atoms with Crippen molar-refractivity contribution in [2.75, 3.05) is 13.1 Å². The number of Topliss-reactive ketones (excluding diaryl/α,β-unsaturated/α-hetero) is 2. The number of aliphatic hydroxyl groups is 3. The first-order valence-corrected chi connectivity index (χ1v) is 11.8. The highest BCUT2D eigenvalue weighted by Gasteiger charge is 2.60. The van der Waals surface area contributed by atoms with Crippen LogP contribution in [0.1, 0.15) is 48.4 Å². The van der Waals surface area contributed by atoms with E-state index in [9.17, 15) is 34.8 Å². The van der Waals surface area contributed by atoms with Crippen LogP contribution in [-0.2, 0) is 33.8 Å². The van der Waals surface area contributed by atoms with Crippen LogP contribution < -0.4 is 5.73 Å². The summed E-state index contributed by atoms with van der Waals surface area (Å²) in [6.45, 7) is 3.73. The molecular weight excluding hydrogens is 459 g/mol. The predicted molar refractivity (Wildman–Crippen MR) is 121 cm³/mol. The third kappa shape index (κ3) is 3.09. The Labute approximate surface area is 200 Å². The number of hydrogen-bond acceptors (Lipinski definition) is 8. The van der Waals surface area contributed by atoms with Crippen molar-refractivity contribution < 1.29 is 39.2 Å². The number of aromatic hydroxyl groups is 1. The summed E-state index contributed by atoms with van der Waals surface area (Å²) in [6, 6.07) is 0. The first-order valence-electron chi connectivity index (χ1n) is 11.8. The van der Waals surface area contributed by atoms with Crippen molar-refractivity contribution in [1.29, 1.82) is 0 Å². The number of halogens is 1. The second-order valence-electron chi connectivity index (χ2n) is 9.91. The van der Waals surface area contributed by atoms with Crippen molar-refractivity contribution in [2.45, 2.75) is 51.2 Å². The van der Waals surface area contributed by atoms with Gasteiger partial charge in [-0.15, -0.1) is 0 Å². The highest BCUT2D eigenvalue weighted by molar-refractivity contribution is 6.22. The van der Waals surface area contributed by atoms with Crippen molar-refractivity contribution in [3.63, 3.8) is 0 Å². The predicted octanol–water partition coefficient (Wildman–Crippen LogP) is 1.33. The summed E-state index contributed by atoms with van der Waals surface area (Å²) in [7, 11) is 0. The number of aliphatic hydroxyl groups excluding tert-OH is 2. The fourth-order valence-electron chi connectivity index (χ4n) is 6.33. The first kappa shape index (κ1) is 23.5. The average Bonchev–Trinajstić information content (AvgIpc) is 2.79. The minimum Gasteiger partial charge on any atom is -0.508 e. The Balaban J connectivity index is 1.67. The molecule has 1 fully saturated rings. The Kier molecular flexibility index (Phi) is 5.30. The first-order chi connectivity index (χ1) is 16.5. The molecule has 0 bridgehead atoms. The van der Waals surface area contributed by atoms with E-state index >= 15 is 4.39 Å². The number of nitrogens with zero attached hydrogens (tertiary/aromatic N) is 1. The van der Waals surface area contributed by atoms with Crippen molar-refractivity contribution in [1.82, 2.24) is 4.90 Å². The summed E-state index contributed by atoms with van der Waals surface area (Å²) in [5.41, 5.74) is 2.10. The maximum atomic E-state index is 15.8. The zero-order valence-electron chi connectivity index (χ0n) is 19.2. The van der Waals surface area contributed by atoms with E-state index < -0.39 is 64.2 Å².